The number of para-hydroxylation sites is 1. The van der Waals surface area contributed by atoms with Crippen molar-refractivity contribution >= 4 is 27.5 Å². The zero-order chi connectivity index (χ0) is 28.7. The Balaban J connectivity index is 2.05. The van der Waals surface area contributed by atoms with Gasteiger partial charge in [-0.05, 0) is 63.9 Å². The molecule has 0 aliphatic rings. The predicted molar refractivity (Wildman–Crippen MR) is 151 cm³/mol. The number of rotatable bonds is 11. The zero-order valence-electron chi connectivity index (χ0n) is 23.0. The van der Waals surface area contributed by atoms with Gasteiger partial charge in [0.05, 0.1) is 10.6 Å². The molecular weight excluding hydrogens is 517 g/mol. The Morgan fingerprint density at radius 2 is 1.54 bits per heavy atom. The van der Waals surface area contributed by atoms with Crippen LogP contribution in [0.25, 0.3) is 0 Å². The second-order valence-corrected chi connectivity index (χ2v) is 11.6. The van der Waals surface area contributed by atoms with Crippen molar-refractivity contribution in [3.8, 4) is 0 Å². The minimum absolute atomic E-state index is 0.0346. The summed E-state index contributed by atoms with van der Waals surface area (Å²) in [5, 5.41) is 2.86. The first-order chi connectivity index (χ1) is 18.4. The first-order valence-electron chi connectivity index (χ1n) is 12.9. The van der Waals surface area contributed by atoms with Gasteiger partial charge in [-0.3, -0.25) is 13.9 Å². The number of halogens is 1. The largest absolute Gasteiger partial charge is 0.352 e. The molecule has 0 heterocycles. The van der Waals surface area contributed by atoms with Crippen molar-refractivity contribution in [1.82, 2.24) is 10.2 Å². The fraction of sp³-hybridized carbons (Fsp3) is 0.333. The zero-order valence-corrected chi connectivity index (χ0v) is 23.8. The lowest BCUT2D eigenvalue weighted by molar-refractivity contribution is -0.139. The smallest absolute Gasteiger partial charge is 0.264 e. The van der Waals surface area contributed by atoms with Gasteiger partial charge in [0.15, 0.2) is 0 Å². The summed E-state index contributed by atoms with van der Waals surface area (Å²) >= 11 is 0. The maximum Gasteiger partial charge on any atom is 0.264 e. The molecule has 3 aromatic carbocycles. The quantitative estimate of drug-likeness (QED) is 0.363. The molecule has 39 heavy (non-hydrogen) atoms. The van der Waals surface area contributed by atoms with E-state index in [0.29, 0.717) is 17.7 Å². The third-order valence-electron chi connectivity index (χ3n) is 6.74. The molecule has 3 rings (SSSR count). The number of nitrogens with one attached hydrogen (secondary N) is 1. The third kappa shape index (κ3) is 7.23. The second kappa shape index (κ2) is 12.9. The van der Waals surface area contributed by atoms with Crippen molar-refractivity contribution in [3.63, 3.8) is 0 Å². The van der Waals surface area contributed by atoms with Crippen LogP contribution in [0.2, 0.25) is 0 Å². The summed E-state index contributed by atoms with van der Waals surface area (Å²) in [4.78, 5) is 28.2. The highest BCUT2D eigenvalue weighted by Crippen LogP contribution is 2.27. The van der Waals surface area contributed by atoms with Crippen molar-refractivity contribution in [2.75, 3.05) is 10.8 Å². The number of anilines is 1. The lowest BCUT2D eigenvalue weighted by atomic mass is 10.1. The molecule has 0 spiro atoms. The van der Waals surface area contributed by atoms with Crippen molar-refractivity contribution in [2.45, 2.75) is 64.6 Å². The molecule has 3 aromatic rings. The van der Waals surface area contributed by atoms with E-state index in [1.54, 1.807) is 56.3 Å². The summed E-state index contributed by atoms with van der Waals surface area (Å²) in [6, 6.07) is 18.2. The highest BCUT2D eigenvalue weighted by molar-refractivity contribution is 7.92. The van der Waals surface area contributed by atoms with E-state index in [9.17, 15) is 22.4 Å². The maximum absolute atomic E-state index is 14.6. The van der Waals surface area contributed by atoms with Gasteiger partial charge in [-0.1, -0.05) is 61.0 Å². The van der Waals surface area contributed by atoms with E-state index < -0.39 is 40.2 Å². The molecule has 0 bridgehead atoms. The highest BCUT2D eigenvalue weighted by Gasteiger charge is 2.33. The fourth-order valence-corrected chi connectivity index (χ4v) is 5.53. The predicted octanol–water partition coefficient (Wildman–Crippen LogP) is 4.97. The molecule has 0 aliphatic carbocycles. The van der Waals surface area contributed by atoms with Gasteiger partial charge in [-0.25, -0.2) is 12.8 Å². The molecule has 9 heteroatoms. The molecule has 2 amide bonds. The van der Waals surface area contributed by atoms with Crippen molar-refractivity contribution in [3.05, 3.63) is 95.3 Å². The van der Waals surface area contributed by atoms with Crippen molar-refractivity contribution in [2.24, 2.45) is 0 Å². The topological polar surface area (TPSA) is 86.8 Å². The Bertz CT molecular complexity index is 1410. The van der Waals surface area contributed by atoms with E-state index in [2.05, 4.69) is 5.32 Å². The van der Waals surface area contributed by atoms with Crippen LogP contribution < -0.4 is 9.62 Å². The first kappa shape index (κ1) is 29.8. The van der Waals surface area contributed by atoms with Gasteiger partial charge in [-0.15, -0.1) is 0 Å². The summed E-state index contributed by atoms with van der Waals surface area (Å²) < 4.78 is 43.4. The minimum atomic E-state index is -4.16. The Labute approximate surface area is 230 Å². The van der Waals surface area contributed by atoms with Crippen LogP contribution in [-0.2, 0) is 26.2 Å². The Hall–Kier alpha value is -3.72. The van der Waals surface area contributed by atoms with E-state index in [1.807, 2.05) is 20.8 Å². The number of nitrogens with zero attached hydrogens (tertiary/aromatic N) is 2. The molecule has 0 aromatic heterocycles. The molecule has 0 radical (unpaired) electrons. The molecule has 2 atom stereocenters. The number of benzene rings is 3. The van der Waals surface area contributed by atoms with Gasteiger partial charge in [0.25, 0.3) is 10.0 Å². The summed E-state index contributed by atoms with van der Waals surface area (Å²) in [6.45, 7) is 8.17. The van der Waals surface area contributed by atoms with Crippen LogP contribution in [0.1, 0.15) is 43.9 Å². The molecule has 0 fully saturated rings. The number of carbonyl (C=O) groups excluding carboxylic acids is 2. The maximum atomic E-state index is 14.6. The fourth-order valence-electron chi connectivity index (χ4n) is 4.05. The lowest BCUT2D eigenvalue weighted by Gasteiger charge is -2.33. The number of amides is 2. The molecule has 0 saturated heterocycles. The number of sulfonamides is 1. The van der Waals surface area contributed by atoms with Crippen molar-refractivity contribution in [1.29, 1.82) is 0 Å². The van der Waals surface area contributed by atoms with Crippen LogP contribution in [0.3, 0.4) is 0 Å². The van der Waals surface area contributed by atoms with Gasteiger partial charge >= 0.3 is 0 Å². The average Bonchev–Trinajstić information content (AvgIpc) is 2.91. The second-order valence-electron chi connectivity index (χ2n) is 9.72. The molecular formula is C30H36FN3O4S. The van der Waals surface area contributed by atoms with Gasteiger partial charge in [0.2, 0.25) is 11.8 Å². The third-order valence-corrected chi connectivity index (χ3v) is 8.51. The van der Waals surface area contributed by atoms with Gasteiger partial charge in [-0.2, -0.15) is 0 Å². The minimum Gasteiger partial charge on any atom is -0.352 e. The molecule has 1 N–H and O–H groups in total. The first-order valence-corrected chi connectivity index (χ1v) is 14.4. The average molecular weight is 554 g/mol. The number of hydrogen-bond donors (Lipinski definition) is 1. The van der Waals surface area contributed by atoms with E-state index in [1.165, 1.54) is 35.2 Å². The molecule has 0 unspecified atom stereocenters. The van der Waals surface area contributed by atoms with Gasteiger partial charge < -0.3 is 10.2 Å². The standard InChI is InChI=1S/C30H36FN3O4S/c1-6-23(4)32-30(36)24(5)33(19-25-12-8-9-13-27(25)31)29(35)20-34(28-14-10-7-11-22(28)3)39(37,38)26-17-15-21(2)16-18-26/h7-18,23-24H,6,19-20H2,1-5H3,(H,32,36)/t23-,24+/m1/s1. The number of hydrogen-bond acceptors (Lipinski definition) is 4. The summed E-state index contributed by atoms with van der Waals surface area (Å²) in [5.41, 5.74) is 2.11. The Kier molecular flexibility index (Phi) is 9.86. The van der Waals surface area contributed by atoms with E-state index >= 15 is 0 Å². The summed E-state index contributed by atoms with van der Waals surface area (Å²) in [6.07, 6.45) is 0.690. The van der Waals surface area contributed by atoms with E-state index in [4.69, 9.17) is 0 Å². The van der Waals surface area contributed by atoms with Crippen LogP contribution in [0.4, 0.5) is 10.1 Å². The SMILES string of the molecule is CC[C@@H](C)NC(=O)[C@H](C)N(Cc1ccccc1F)C(=O)CN(c1ccccc1C)S(=O)(=O)c1ccc(C)cc1. The van der Waals surface area contributed by atoms with Gasteiger partial charge in [0.1, 0.15) is 18.4 Å². The normalized spacial score (nSPS) is 12.9. The molecule has 208 valence electrons. The molecule has 0 aliphatic heterocycles. The van der Waals surface area contributed by atoms with Crippen LogP contribution in [0.5, 0.6) is 0 Å². The summed E-state index contributed by atoms with van der Waals surface area (Å²) in [7, 11) is -4.16. The van der Waals surface area contributed by atoms with Crippen LogP contribution in [-0.4, -0.2) is 43.8 Å². The monoisotopic (exact) mass is 553 g/mol. The van der Waals surface area contributed by atoms with Crippen LogP contribution >= 0.6 is 0 Å². The summed E-state index contributed by atoms with van der Waals surface area (Å²) in [5.74, 6) is -1.56. The van der Waals surface area contributed by atoms with E-state index in [0.717, 1.165) is 9.87 Å². The van der Waals surface area contributed by atoms with E-state index in [-0.39, 0.29) is 23.0 Å². The van der Waals surface area contributed by atoms with Gasteiger partial charge in [0, 0.05) is 18.2 Å². The highest BCUT2D eigenvalue weighted by atomic mass is 32.2. The van der Waals surface area contributed by atoms with Crippen LogP contribution in [0, 0.1) is 19.7 Å². The van der Waals surface area contributed by atoms with Crippen LogP contribution in [0.15, 0.2) is 77.7 Å². The number of carbonyl (C=O) groups is 2. The lowest BCUT2D eigenvalue weighted by Crippen LogP contribution is -2.52. The van der Waals surface area contributed by atoms with Crippen molar-refractivity contribution < 1.29 is 22.4 Å². The Morgan fingerprint density at radius 3 is 2.15 bits per heavy atom. The molecule has 0 saturated carbocycles. The number of aryl methyl sites for hydroxylation is 2. The molecule has 7 nitrogen and oxygen atoms in total. The Morgan fingerprint density at radius 1 is 0.923 bits per heavy atom.